The van der Waals surface area contributed by atoms with Crippen LogP contribution in [0.4, 0.5) is 5.69 Å². The standard InChI is InChI=1S/C21H22ClN3O2S/c1-14-3-8-19(15(2)9-14)24-20(27)13-28-21-23-18(12-26)11-25(21)10-16-4-6-17(22)7-5-16/h3-9,11,26H,10,12-13H2,1-2H3,(H,24,27). The zero-order chi connectivity index (χ0) is 20.1. The van der Waals surface area contributed by atoms with Gasteiger partial charge in [0.2, 0.25) is 5.91 Å². The molecule has 146 valence electrons. The van der Waals surface area contributed by atoms with Crippen molar-refractivity contribution in [2.75, 3.05) is 11.1 Å². The molecule has 28 heavy (non-hydrogen) atoms. The highest BCUT2D eigenvalue weighted by atomic mass is 35.5. The molecule has 0 radical (unpaired) electrons. The summed E-state index contributed by atoms with van der Waals surface area (Å²) in [6.45, 7) is 4.44. The fraction of sp³-hybridized carbons (Fsp3) is 0.238. The minimum Gasteiger partial charge on any atom is -0.390 e. The summed E-state index contributed by atoms with van der Waals surface area (Å²) in [5.41, 5.74) is 4.65. The quantitative estimate of drug-likeness (QED) is 0.560. The Balaban J connectivity index is 1.66. The number of aliphatic hydroxyl groups excluding tert-OH is 1. The van der Waals surface area contributed by atoms with E-state index in [2.05, 4.69) is 10.3 Å². The van der Waals surface area contributed by atoms with Gasteiger partial charge in [0.05, 0.1) is 18.1 Å². The van der Waals surface area contributed by atoms with E-state index in [-0.39, 0.29) is 18.3 Å². The van der Waals surface area contributed by atoms with Crippen LogP contribution in [-0.4, -0.2) is 26.3 Å². The van der Waals surface area contributed by atoms with Gasteiger partial charge in [0, 0.05) is 23.5 Å². The summed E-state index contributed by atoms with van der Waals surface area (Å²) in [5.74, 6) is 0.138. The van der Waals surface area contributed by atoms with E-state index >= 15 is 0 Å². The second-order valence-corrected chi connectivity index (χ2v) is 7.96. The van der Waals surface area contributed by atoms with Gasteiger partial charge in [-0.1, -0.05) is 53.2 Å². The molecule has 2 N–H and O–H groups in total. The van der Waals surface area contributed by atoms with Gasteiger partial charge < -0.3 is 15.0 Å². The van der Waals surface area contributed by atoms with E-state index in [9.17, 15) is 9.90 Å². The largest absolute Gasteiger partial charge is 0.390 e. The third-order valence-electron chi connectivity index (χ3n) is 4.21. The SMILES string of the molecule is Cc1ccc(NC(=O)CSc2nc(CO)cn2Cc2ccc(Cl)cc2)c(C)c1. The monoisotopic (exact) mass is 415 g/mol. The lowest BCUT2D eigenvalue weighted by atomic mass is 10.1. The van der Waals surface area contributed by atoms with Gasteiger partial charge in [-0.05, 0) is 43.2 Å². The first-order valence-electron chi connectivity index (χ1n) is 8.86. The van der Waals surface area contributed by atoms with E-state index in [0.29, 0.717) is 22.4 Å². The highest BCUT2D eigenvalue weighted by Gasteiger charge is 2.12. The van der Waals surface area contributed by atoms with Crippen LogP contribution in [-0.2, 0) is 17.9 Å². The van der Waals surface area contributed by atoms with Crippen LogP contribution in [0.5, 0.6) is 0 Å². The molecule has 1 heterocycles. The van der Waals surface area contributed by atoms with Crippen LogP contribution < -0.4 is 5.32 Å². The number of nitrogens with zero attached hydrogens (tertiary/aromatic N) is 2. The smallest absolute Gasteiger partial charge is 0.234 e. The zero-order valence-electron chi connectivity index (χ0n) is 15.8. The fourth-order valence-electron chi connectivity index (χ4n) is 2.81. The molecule has 3 aromatic rings. The molecule has 0 spiro atoms. The Bertz CT molecular complexity index is 970. The lowest BCUT2D eigenvalue weighted by Crippen LogP contribution is -2.15. The summed E-state index contributed by atoms with van der Waals surface area (Å²) in [6, 6.07) is 13.5. The predicted octanol–water partition coefficient (Wildman–Crippen LogP) is 4.42. The van der Waals surface area contributed by atoms with Crippen LogP contribution in [0, 0.1) is 13.8 Å². The Morgan fingerprint density at radius 1 is 1.21 bits per heavy atom. The van der Waals surface area contributed by atoms with Gasteiger partial charge in [0.15, 0.2) is 5.16 Å². The molecular weight excluding hydrogens is 394 g/mol. The molecule has 7 heteroatoms. The van der Waals surface area contributed by atoms with Crippen LogP contribution in [0.2, 0.25) is 5.02 Å². The molecule has 5 nitrogen and oxygen atoms in total. The average Bonchev–Trinajstić information content (AvgIpc) is 3.06. The number of halogens is 1. The highest BCUT2D eigenvalue weighted by Crippen LogP contribution is 2.22. The third kappa shape index (κ3) is 5.38. The van der Waals surface area contributed by atoms with Crippen molar-refractivity contribution >= 4 is 35.0 Å². The average molecular weight is 416 g/mol. The van der Waals surface area contributed by atoms with Gasteiger partial charge >= 0.3 is 0 Å². The van der Waals surface area contributed by atoms with E-state index in [1.54, 1.807) is 6.20 Å². The van der Waals surface area contributed by atoms with Crippen molar-refractivity contribution < 1.29 is 9.90 Å². The van der Waals surface area contributed by atoms with E-state index in [4.69, 9.17) is 11.6 Å². The first-order valence-corrected chi connectivity index (χ1v) is 10.2. The number of benzene rings is 2. The number of amides is 1. The molecule has 0 atom stereocenters. The van der Waals surface area contributed by atoms with Crippen molar-refractivity contribution in [3.8, 4) is 0 Å². The molecule has 0 saturated heterocycles. The number of carbonyl (C=O) groups is 1. The van der Waals surface area contributed by atoms with E-state index in [1.165, 1.54) is 11.8 Å². The molecule has 0 aliphatic heterocycles. The van der Waals surface area contributed by atoms with Crippen LogP contribution >= 0.6 is 23.4 Å². The van der Waals surface area contributed by atoms with Gasteiger partial charge in [-0.25, -0.2) is 4.98 Å². The number of imidazole rings is 1. The topological polar surface area (TPSA) is 67.2 Å². The number of hydrogen-bond acceptors (Lipinski definition) is 4. The van der Waals surface area contributed by atoms with Gasteiger partial charge in [0.1, 0.15) is 0 Å². The Kier molecular flexibility index (Phi) is 6.78. The second kappa shape index (κ2) is 9.28. The number of carbonyl (C=O) groups excluding carboxylic acids is 1. The molecule has 0 saturated carbocycles. The van der Waals surface area contributed by atoms with Crippen molar-refractivity contribution in [2.45, 2.75) is 32.2 Å². The van der Waals surface area contributed by atoms with Crippen molar-refractivity contribution in [3.63, 3.8) is 0 Å². The fourth-order valence-corrected chi connectivity index (χ4v) is 3.74. The zero-order valence-corrected chi connectivity index (χ0v) is 17.3. The number of aromatic nitrogens is 2. The normalized spacial score (nSPS) is 10.9. The summed E-state index contributed by atoms with van der Waals surface area (Å²) >= 11 is 7.29. The van der Waals surface area contributed by atoms with Crippen molar-refractivity contribution in [1.82, 2.24) is 9.55 Å². The number of hydrogen-bond donors (Lipinski definition) is 2. The van der Waals surface area contributed by atoms with Crippen LogP contribution in [0.15, 0.2) is 53.8 Å². The van der Waals surface area contributed by atoms with E-state index in [0.717, 1.165) is 22.4 Å². The summed E-state index contributed by atoms with van der Waals surface area (Å²) in [7, 11) is 0. The van der Waals surface area contributed by atoms with Crippen LogP contribution in [0.1, 0.15) is 22.4 Å². The summed E-state index contributed by atoms with van der Waals surface area (Å²) in [6.07, 6.45) is 1.80. The first kappa shape index (κ1) is 20.5. The molecular formula is C21H22ClN3O2S. The van der Waals surface area contributed by atoms with Crippen LogP contribution in [0.25, 0.3) is 0 Å². The Hall–Kier alpha value is -2.28. The minimum absolute atomic E-state index is 0.0939. The molecule has 1 aromatic heterocycles. The van der Waals surface area contributed by atoms with Gasteiger partial charge in [-0.15, -0.1) is 0 Å². The van der Waals surface area contributed by atoms with E-state index in [1.807, 2.05) is 60.9 Å². The lowest BCUT2D eigenvalue weighted by Gasteiger charge is -2.10. The second-order valence-electron chi connectivity index (χ2n) is 6.58. The maximum Gasteiger partial charge on any atom is 0.234 e. The maximum absolute atomic E-state index is 12.4. The summed E-state index contributed by atoms with van der Waals surface area (Å²) in [5, 5.41) is 13.7. The number of anilines is 1. The summed E-state index contributed by atoms with van der Waals surface area (Å²) < 4.78 is 1.93. The molecule has 3 rings (SSSR count). The lowest BCUT2D eigenvalue weighted by molar-refractivity contribution is -0.113. The molecule has 0 fully saturated rings. The van der Waals surface area contributed by atoms with Gasteiger partial charge in [-0.3, -0.25) is 4.79 Å². The summed E-state index contributed by atoms with van der Waals surface area (Å²) in [4.78, 5) is 16.8. The Labute approximate surface area is 173 Å². The highest BCUT2D eigenvalue weighted by molar-refractivity contribution is 7.99. The maximum atomic E-state index is 12.4. The number of nitrogens with one attached hydrogen (secondary N) is 1. The van der Waals surface area contributed by atoms with Crippen LogP contribution in [0.3, 0.4) is 0 Å². The molecule has 1 amide bonds. The van der Waals surface area contributed by atoms with Crippen molar-refractivity contribution in [1.29, 1.82) is 0 Å². The third-order valence-corrected chi connectivity index (χ3v) is 5.45. The molecule has 0 unspecified atom stereocenters. The number of aryl methyl sites for hydroxylation is 2. The molecule has 0 aliphatic carbocycles. The molecule has 0 bridgehead atoms. The number of thioether (sulfide) groups is 1. The number of rotatable bonds is 7. The Morgan fingerprint density at radius 2 is 1.96 bits per heavy atom. The van der Waals surface area contributed by atoms with Gasteiger partial charge in [-0.2, -0.15) is 0 Å². The molecule has 2 aromatic carbocycles. The van der Waals surface area contributed by atoms with Gasteiger partial charge in [0.25, 0.3) is 0 Å². The predicted molar refractivity (Wildman–Crippen MR) is 114 cm³/mol. The minimum atomic E-state index is -0.143. The molecule has 0 aliphatic rings. The van der Waals surface area contributed by atoms with E-state index < -0.39 is 0 Å². The first-order chi connectivity index (χ1) is 13.4. The Morgan fingerprint density at radius 3 is 2.64 bits per heavy atom. The van der Waals surface area contributed by atoms with Crippen molar-refractivity contribution in [2.24, 2.45) is 0 Å². The number of aliphatic hydroxyl groups is 1. The van der Waals surface area contributed by atoms with Crippen molar-refractivity contribution in [3.05, 3.63) is 76.1 Å².